The smallest absolute Gasteiger partial charge is 0.159 e. The summed E-state index contributed by atoms with van der Waals surface area (Å²) in [5.41, 5.74) is 10.6. The van der Waals surface area contributed by atoms with Gasteiger partial charge in [-0.15, -0.1) is 11.3 Å². The van der Waals surface area contributed by atoms with Crippen molar-refractivity contribution in [3.63, 3.8) is 0 Å². The number of amidine groups is 2. The van der Waals surface area contributed by atoms with Crippen LogP contribution in [0.3, 0.4) is 0 Å². The lowest BCUT2D eigenvalue weighted by molar-refractivity contribution is 0.674. The van der Waals surface area contributed by atoms with Crippen molar-refractivity contribution in [3.8, 4) is 22.3 Å². The number of allylic oxidation sites excluding steroid dienone is 4. The van der Waals surface area contributed by atoms with Crippen molar-refractivity contribution in [1.82, 2.24) is 5.32 Å². The number of thiophene rings is 1. The van der Waals surface area contributed by atoms with E-state index in [0.717, 1.165) is 41.2 Å². The lowest BCUT2D eigenvalue weighted by Crippen LogP contribution is -2.33. The van der Waals surface area contributed by atoms with Crippen LogP contribution in [0.1, 0.15) is 41.3 Å². The molecule has 1 unspecified atom stereocenters. The zero-order valence-electron chi connectivity index (χ0n) is 26.9. The molecule has 0 saturated carbocycles. The second-order valence-corrected chi connectivity index (χ2v) is 13.7. The molecule has 1 aliphatic carbocycles. The molecule has 1 N–H and O–H groups in total. The molecule has 1 aromatic heterocycles. The van der Waals surface area contributed by atoms with Crippen molar-refractivity contribution in [3.05, 3.63) is 186 Å². The molecule has 234 valence electrons. The van der Waals surface area contributed by atoms with Gasteiger partial charge in [0.2, 0.25) is 0 Å². The van der Waals surface area contributed by atoms with Crippen LogP contribution in [0.25, 0.3) is 48.0 Å². The minimum Gasteiger partial charge on any atom is -0.344 e. The molecule has 4 heteroatoms. The maximum atomic E-state index is 5.14. The Kier molecular flexibility index (Phi) is 7.56. The zero-order valence-corrected chi connectivity index (χ0v) is 27.7. The molecule has 0 radical (unpaired) electrons. The average molecular weight is 648 g/mol. The van der Waals surface area contributed by atoms with Crippen molar-refractivity contribution in [2.45, 2.75) is 19.0 Å². The fourth-order valence-corrected chi connectivity index (χ4v) is 7.98. The van der Waals surface area contributed by atoms with E-state index in [1.54, 1.807) is 0 Å². The van der Waals surface area contributed by atoms with Gasteiger partial charge in [0, 0.05) is 31.3 Å². The number of benzene rings is 6. The summed E-state index contributed by atoms with van der Waals surface area (Å²) >= 11 is 1.82. The number of nitrogens with one attached hydrogen (secondary N) is 1. The van der Waals surface area contributed by atoms with Crippen LogP contribution in [0, 0.1) is 0 Å². The van der Waals surface area contributed by atoms with Gasteiger partial charge in [-0.05, 0) is 82.1 Å². The predicted octanol–water partition coefficient (Wildman–Crippen LogP) is 11.6. The van der Waals surface area contributed by atoms with Gasteiger partial charge in [0.15, 0.2) is 5.84 Å². The second kappa shape index (κ2) is 12.6. The lowest BCUT2D eigenvalue weighted by atomic mass is 9.90. The number of nitrogens with zero attached hydrogens (tertiary/aromatic N) is 2. The van der Waals surface area contributed by atoms with Gasteiger partial charge in [0.1, 0.15) is 12.0 Å². The van der Waals surface area contributed by atoms with Gasteiger partial charge >= 0.3 is 0 Å². The summed E-state index contributed by atoms with van der Waals surface area (Å²) in [7, 11) is 0. The first-order chi connectivity index (χ1) is 24.2. The lowest BCUT2D eigenvalue weighted by Gasteiger charge is -2.24. The van der Waals surface area contributed by atoms with E-state index in [9.17, 15) is 0 Å². The van der Waals surface area contributed by atoms with E-state index in [2.05, 4.69) is 163 Å². The molecule has 2 heterocycles. The Bertz CT molecular complexity index is 2450. The van der Waals surface area contributed by atoms with Crippen molar-refractivity contribution in [2.24, 2.45) is 9.98 Å². The highest BCUT2D eigenvalue weighted by molar-refractivity contribution is 7.25. The van der Waals surface area contributed by atoms with Crippen LogP contribution in [0.2, 0.25) is 0 Å². The molecule has 0 saturated heterocycles. The Morgan fingerprint density at radius 3 is 1.98 bits per heavy atom. The molecule has 49 heavy (non-hydrogen) atoms. The Hall–Kier alpha value is -5.84. The summed E-state index contributed by atoms with van der Waals surface area (Å²) in [6.07, 6.45) is 8.57. The standard InChI is InChI=1S/C45H33N3S/c1-4-12-30(13-5-1)36-26-37(31-14-6-2-7-15-31)28-38(27-36)32-20-22-34(23-21-32)44-46-43(33-16-8-3-9-17-33)47-45(48-44)35-24-25-40-39-18-10-11-19-41(39)49-42(40)29-35/h1-6,8-14,16-29,43H,7,15H2,(H,46,47,48). The molecule has 0 spiro atoms. The molecular weight excluding hydrogens is 615 g/mol. The van der Waals surface area contributed by atoms with Gasteiger partial charge in [-0.25, -0.2) is 9.98 Å². The van der Waals surface area contributed by atoms with E-state index in [0.29, 0.717) is 0 Å². The number of hydrogen-bond donors (Lipinski definition) is 1. The molecule has 0 fully saturated rings. The summed E-state index contributed by atoms with van der Waals surface area (Å²) < 4.78 is 2.54. The number of aliphatic imine (C=N–C) groups is 2. The second-order valence-electron chi connectivity index (χ2n) is 12.6. The van der Waals surface area contributed by atoms with Gasteiger partial charge in [0.25, 0.3) is 0 Å². The third kappa shape index (κ3) is 5.81. The minimum atomic E-state index is -0.246. The van der Waals surface area contributed by atoms with E-state index in [1.165, 1.54) is 53.6 Å². The van der Waals surface area contributed by atoms with Crippen LogP contribution >= 0.6 is 11.3 Å². The Labute approximate surface area is 290 Å². The van der Waals surface area contributed by atoms with Crippen LogP contribution in [-0.2, 0) is 0 Å². The van der Waals surface area contributed by atoms with Crippen molar-refractivity contribution >= 4 is 48.8 Å². The van der Waals surface area contributed by atoms with Crippen LogP contribution in [0.15, 0.2) is 174 Å². The van der Waals surface area contributed by atoms with E-state index in [-0.39, 0.29) is 6.17 Å². The van der Waals surface area contributed by atoms with E-state index >= 15 is 0 Å². The zero-order chi connectivity index (χ0) is 32.6. The molecule has 3 nitrogen and oxygen atoms in total. The predicted molar refractivity (Wildman–Crippen MR) is 208 cm³/mol. The maximum absolute atomic E-state index is 5.14. The van der Waals surface area contributed by atoms with Gasteiger partial charge in [-0.1, -0.05) is 133 Å². The number of hydrogen-bond acceptors (Lipinski definition) is 4. The average Bonchev–Trinajstić information content (AvgIpc) is 3.57. The number of fused-ring (bicyclic) bond motifs is 3. The molecule has 0 bridgehead atoms. The molecule has 6 aromatic carbocycles. The molecular formula is C45H33N3S. The summed E-state index contributed by atoms with van der Waals surface area (Å²) in [6.45, 7) is 0. The highest BCUT2D eigenvalue weighted by Gasteiger charge is 2.22. The largest absolute Gasteiger partial charge is 0.344 e. The van der Waals surface area contributed by atoms with Crippen LogP contribution in [0.5, 0.6) is 0 Å². The van der Waals surface area contributed by atoms with Gasteiger partial charge < -0.3 is 5.32 Å². The monoisotopic (exact) mass is 647 g/mol. The van der Waals surface area contributed by atoms with Crippen molar-refractivity contribution < 1.29 is 0 Å². The Morgan fingerprint density at radius 2 is 1.20 bits per heavy atom. The third-order valence-corrected chi connectivity index (χ3v) is 10.5. The summed E-state index contributed by atoms with van der Waals surface area (Å²) in [5.74, 6) is 1.56. The molecule has 7 aromatic rings. The molecule has 0 amide bonds. The molecule has 1 atom stereocenters. The highest BCUT2D eigenvalue weighted by Crippen LogP contribution is 2.36. The van der Waals surface area contributed by atoms with Crippen LogP contribution in [-0.4, -0.2) is 11.7 Å². The SMILES string of the molecule is C1=CCCC(c2cc(-c3ccccc3)cc(-c3ccc(C4=NC(c5ccc6c(c5)sc5ccccc56)=NC(c5ccccc5)N4)cc3)c2)=C1. The van der Waals surface area contributed by atoms with Crippen molar-refractivity contribution in [2.75, 3.05) is 0 Å². The normalized spacial score (nSPS) is 15.8. The van der Waals surface area contributed by atoms with E-state index in [4.69, 9.17) is 9.98 Å². The van der Waals surface area contributed by atoms with Crippen LogP contribution < -0.4 is 5.32 Å². The van der Waals surface area contributed by atoms with Crippen LogP contribution in [0.4, 0.5) is 0 Å². The first kappa shape index (κ1) is 29.3. The number of rotatable bonds is 6. The van der Waals surface area contributed by atoms with Gasteiger partial charge in [-0.3, -0.25) is 0 Å². The van der Waals surface area contributed by atoms with Gasteiger partial charge in [0.05, 0.1) is 0 Å². The fourth-order valence-electron chi connectivity index (χ4n) is 6.84. The van der Waals surface area contributed by atoms with E-state index in [1.807, 2.05) is 17.4 Å². The topological polar surface area (TPSA) is 36.8 Å². The molecule has 9 rings (SSSR count). The summed E-state index contributed by atoms with van der Waals surface area (Å²) in [6, 6.07) is 52.1. The first-order valence-electron chi connectivity index (χ1n) is 16.8. The fraction of sp³-hybridized carbons (Fsp3) is 0.0667. The van der Waals surface area contributed by atoms with Crippen molar-refractivity contribution in [1.29, 1.82) is 0 Å². The first-order valence-corrected chi connectivity index (χ1v) is 17.6. The van der Waals surface area contributed by atoms with Gasteiger partial charge in [-0.2, -0.15) is 0 Å². The maximum Gasteiger partial charge on any atom is 0.159 e. The highest BCUT2D eigenvalue weighted by atomic mass is 32.1. The third-order valence-electron chi connectivity index (χ3n) is 9.41. The minimum absolute atomic E-state index is 0.246. The Morgan fingerprint density at radius 1 is 0.551 bits per heavy atom. The summed E-state index contributed by atoms with van der Waals surface area (Å²) in [5, 5.41) is 6.20. The Balaban J connectivity index is 1.10. The van der Waals surface area contributed by atoms with E-state index < -0.39 is 0 Å². The quantitative estimate of drug-likeness (QED) is 0.192. The molecule has 1 aliphatic heterocycles. The summed E-state index contributed by atoms with van der Waals surface area (Å²) in [4.78, 5) is 10.3. The molecule has 2 aliphatic rings.